The van der Waals surface area contributed by atoms with Crippen LogP contribution in [-0.4, -0.2) is 21.1 Å². The van der Waals surface area contributed by atoms with Crippen molar-refractivity contribution >= 4 is 5.91 Å². The average molecular weight is 276 g/mol. The third-order valence-corrected chi connectivity index (χ3v) is 2.77. The molecule has 0 spiro atoms. The molecule has 0 unspecified atom stereocenters. The Morgan fingerprint density at radius 3 is 2.50 bits per heavy atom. The Bertz CT molecular complexity index is 598. The summed E-state index contributed by atoms with van der Waals surface area (Å²) in [4.78, 5) is 16.1. The number of hydrogen-bond donors (Lipinski definition) is 2. The molecule has 2 N–H and O–H groups in total. The number of benzene rings is 1. The van der Waals surface area contributed by atoms with Crippen LogP contribution in [0, 0.1) is 5.82 Å². The molecule has 2 rings (SSSR count). The molecule has 0 saturated carbocycles. The van der Waals surface area contributed by atoms with Crippen molar-refractivity contribution in [1.29, 1.82) is 0 Å². The van der Waals surface area contributed by atoms with Crippen molar-refractivity contribution < 1.29 is 9.18 Å². The van der Waals surface area contributed by atoms with Crippen LogP contribution in [0.2, 0.25) is 0 Å². The topological polar surface area (TPSA) is 70.7 Å². The number of rotatable bonds is 3. The Labute approximate surface area is 116 Å². The second-order valence-electron chi connectivity index (χ2n) is 5.57. The zero-order chi connectivity index (χ0) is 14.8. The third kappa shape index (κ3) is 3.40. The van der Waals surface area contributed by atoms with E-state index in [1.54, 1.807) is 12.1 Å². The molecule has 6 heteroatoms. The lowest BCUT2D eigenvalue weighted by Crippen LogP contribution is -2.24. The number of H-pyrrole nitrogens is 1. The number of aromatic amines is 1. The van der Waals surface area contributed by atoms with E-state index in [4.69, 9.17) is 0 Å². The van der Waals surface area contributed by atoms with Crippen LogP contribution in [0.3, 0.4) is 0 Å². The molecule has 1 amide bonds. The van der Waals surface area contributed by atoms with Crippen molar-refractivity contribution in [3.8, 4) is 0 Å². The minimum absolute atomic E-state index is 0.108. The van der Waals surface area contributed by atoms with Gasteiger partial charge in [0, 0.05) is 12.0 Å². The van der Waals surface area contributed by atoms with Crippen molar-refractivity contribution in [2.24, 2.45) is 0 Å². The summed E-state index contributed by atoms with van der Waals surface area (Å²) in [6.45, 7) is 6.24. The molecule has 1 aromatic heterocycles. The van der Waals surface area contributed by atoms with E-state index in [1.807, 2.05) is 20.8 Å². The van der Waals surface area contributed by atoms with Gasteiger partial charge < -0.3 is 5.32 Å². The molecule has 0 fully saturated rings. The molecule has 0 aliphatic rings. The first-order valence-corrected chi connectivity index (χ1v) is 6.32. The van der Waals surface area contributed by atoms with Crippen LogP contribution in [0.1, 0.15) is 42.8 Å². The van der Waals surface area contributed by atoms with Gasteiger partial charge in [0.05, 0.1) is 0 Å². The number of amides is 1. The first-order valence-electron chi connectivity index (χ1n) is 6.32. The SMILES string of the molecule is CC(C)(C)c1nc(C(=O)NCc2ccc(F)cc2)n[nH]1. The van der Waals surface area contributed by atoms with Gasteiger partial charge in [-0.1, -0.05) is 32.9 Å². The van der Waals surface area contributed by atoms with Crippen LogP contribution in [0.5, 0.6) is 0 Å². The zero-order valence-electron chi connectivity index (χ0n) is 11.7. The van der Waals surface area contributed by atoms with Crippen molar-refractivity contribution in [2.75, 3.05) is 0 Å². The normalized spacial score (nSPS) is 11.4. The lowest BCUT2D eigenvalue weighted by atomic mass is 9.96. The highest BCUT2D eigenvalue weighted by atomic mass is 19.1. The summed E-state index contributed by atoms with van der Waals surface area (Å²) in [6, 6.07) is 5.94. The third-order valence-electron chi connectivity index (χ3n) is 2.77. The lowest BCUT2D eigenvalue weighted by Gasteiger charge is -2.12. The molecule has 0 saturated heterocycles. The van der Waals surface area contributed by atoms with Gasteiger partial charge in [-0.15, -0.1) is 5.10 Å². The second-order valence-corrected chi connectivity index (χ2v) is 5.57. The fourth-order valence-corrected chi connectivity index (χ4v) is 1.56. The largest absolute Gasteiger partial charge is 0.345 e. The minimum atomic E-state index is -0.360. The van der Waals surface area contributed by atoms with E-state index in [0.29, 0.717) is 12.4 Å². The van der Waals surface area contributed by atoms with E-state index >= 15 is 0 Å². The summed E-state index contributed by atoms with van der Waals surface area (Å²) in [7, 11) is 0. The summed E-state index contributed by atoms with van der Waals surface area (Å²) in [5, 5.41) is 9.35. The van der Waals surface area contributed by atoms with Crippen molar-refractivity contribution in [2.45, 2.75) is 32.7 Å². The second kappa shape index (κ2) is 5.40. The summed E-state index contributed by atoms with van der Waals surface area (Å²) in [5.74, 6) is 0.103. The molecule has 1 heterocycles. The maximum absolute atomic E-state index is 12.8. The van der Waals surface area contributed by atoms with Crippen molar-refractivity contribution in [3.63, 3.8) is 0 Å². The Kier molecular flexibility index (Phi) is 3.83. The summed E-state index contributed by atoms with van der Waals surface area (Å²) < 4.78 is 12.8. The Morgan fingerprint density at radius 2 is 1.95 bits per heavy atom. The van der Waals surface area contributed by atoms with Crippen LogP contribution < -0.4 is 5.32 Å². The highest BCUT2D eigenvalue weighted by molar-refractivity contribution is 5.90. The zero-order valence-corrected chi connectivity index (χ0v) is 11.7. The molecular weight excluding hydrogens is 259 g/mol. The molecule has 0 bridgehead atoms. The number of nitrogens with one attached hydrogen (secondary N) is 2. The predicted molar refractivity (Wildman–Crippen MR) is 72.7 cm³/mol. The molecule has 2 aromatic rings. The number of hydrogen-bond acceptors (Lipinski definition) is 3. The predicted octanol–water partition coefficient (Wildman–Crippen LogP) is 2.17. The van der Waals surface area contributed by atoms with Gasteiger partial charge in [0.25, 0.3) is 5.91 Å². The smallest absolute Gasteiger partial charge is 0.291 e. The molecule has 1 aromatic carbocycles. The monoisotopic (exact) mass is 276 g/mol. The summed E-state index contributed by atoms with van der Waals surface area (Å²) in [5.41, 5.74) is 0.619. The molecule has 0 aliphatic carbocycles. The number of halogens is 1. The van der Waals surface area contributed by atoms with E-state index in [2.05, 4.69) is 20.5 Å². The van der Waals surface area contributed by atoms with Crippen molar-refractivity contribution in [1.82, 2.24) is 20.5 Å². The first-order chi connectivity index (χ1) is 9.36. The van der Waals surface area contributed by atoms with Gasteiger partial charge in [0.2, 0.25) is 5.82 Å². The van der Waals surface area contributed by atoms with E-state index in [1.165, 1.54) is 12.1 Å². The number of nitrogens with zero attached hydrogens (tertiary/aromatic N) is 2. The van der Waals surface area contributed by atoms with E-state index in [-0.39, 0.29) is 23.0 Å². The highest BCUT2D eigenvalue weighted by Gasteiger charge is 2.21. The standard InChI is InChI=1S/C14H17FN4O/c1-14(2,3)13-17-11(18-19-13)12(20)16-8-9-4-6-10(15)7-5-9/h4-7H,8H2,1-3H3,(H,16,20)(H,17,18,19). The van der Waals surface area contributed by atoms with E-state index < -0.39 is 0 Å². The van der Waals surface area contributed by atoms with Gasteiger partial charge >= 0.3 is 0 Å². The van der Waals surface area contributed by atoms with Gasteiger partial charge in [0.15, 0.2) is 0 Å². The molecule has 20 heavy (non-hydrogen) atoms. The fraction of sp³-hybridized carbons (Fsp3) is 0.357. The van der Waals surface area contributed by atoms with E-state index in [9.17, 15) is 9.18 Å². The quantitative estimate of drug-likeness (QED) is 0.902. The highest BCUT2D eigenvalue weighted by Crippen LogP contribution is 2.17. The van der Waals surface area contributed by atoms with Gasteiger partial charge in [-0.3, -0.25) is 9.89 Å². The first kappa shape index (κ1) is 14.2. The summed E-state index contributed by atoms with van der Waals surface area (Å²) >= 11 is 0. The van der Waals surface area contributed by atoms with Crippen LogP contribution in [0.25, 0.3) is 0 Å². The Hall–Kier alpha value is -2.24. The molecule has 0 atom stereocenters. The molecule has 0 radical (unpaired) electrons. The molecule has 0 aliphatic heterocycles. The Balaban J connectivity index is 1.98. The van der Waals surface area contributed by atoms with Crippen molar-refractivity contribution in [3.05, 3.63) is 47.3 Å². The number of carbonyl (C=O) groups is 1. The van der Waals surface area contributed by atoms with Crippen LogP contribution in [0.4, 0.5) is 4.39 Å². The lowest BCUT2D eigenvalue weighted by molar-refractivity contribution is 0.0941. The number of aromatic nitrogens is 3. The maximum Gasteiger partial charge on any atom is 0.291 e. The van der Waals surface area contributed by atoms with Gasteiger partial charge in [-0.2, -0.15) is 0 Å². The molecular formula is C14H17FN4O. The molecule has 5 nitrogen and oxygen atoms in total. The fourth-order valence-electron chi connectivity index (χ4n) is 1.56. The van der Waals surface area contributed by atoms with Gasteiger partial charge in [-0.05, 0) is 17.7 Å². The van der Waals surface area contributed by atoms with Gasteiger partial charge in [-0.25, -0.2) is 9.37 Å². The number of carbonyl (C=O) groups excluding carboxylic acids is 1. The maximum atomic E-state index is 12.8. The van der Waals surface area contributed by atoms with E-state index in [0.717, 1.165) is 5.56 Å². The van der Waals surface area contributed by atoms with Crippen LogP contribution in [-0.2, 0) is 12.0 Å². The summed E-state index contributed by atoms with van der Waals surface area (Å²) in [6.07, 6.45) is 0. The Morgan fingerprint density at radius 1 is 1.30 bits per heavy atom. The average Bonchev–Trinajstić information content (AvgIpc) is 2.87. The molecule has 106 valence electrons. The minimum Gasteiger partial charge on any atom is -0.345 e. The van der Waals surface area contributed by atoms with Gasteiger partial charge in [0.1, 0.15) is 11.6 Å². The van der Waals surface area contributed by atoms with Crippen LogP contribution in [0.15, 0.2) is 24.3 Å². The van der Waals surface area contributed by atoms with Crippen LogP contribution >= 0.6 is 0 Å².